The highest BCUT2D eigenvalue weighted by atomic mass is 14.8. The molecule has 3 nitrogen and oxygen atoms in total. The summed E-state index contributed by atoms with van der Waals surface area (Å²) < 4.78 is 0. The molecular formula is C9H7N3. The summed E-state index contributed by atoms with van der Waals surface area (Å²) in [5.74, 6) is 0. The highest BCUT2D eigenvalue weighted by Crippen LogP contribution is 2.08. The van der Waals surface area contributed by atoms with Gasteiger partial charge in [0.25, 0.3) is 0 Å². The Morgan fingerprint density at radius 2 is 1.83 bits per heavy atom. The molecule has 1 heterocycles. The van der Waals surface area contributed by atoms with Gasteiger partial charge in [0.1, 0.15) is 0 Å². The molecular weight excluding hydrogens is 150 g/mol. The summed E-state index contributed by atoms with van der Waals surface area (Å²) in [4.78, 5) is 8.24. The summed E-state index contributed by atoms with van der Waals surface area (Å²) in [5.41, 5.74) is 2.55. The molecule has 0 radical (unpaired) electrons. The summed E-state index contributed by atoms with van der Waals surface area (Å²) in [6, 6.07) is 5.56. The van der Waals surface area contributed by atoms with Gasteiger partial charge in [0.05, 0.1) is 11.0 Å². The van der Waals surface area contributed by atoms with Gasteiger partial charge in [0.15, 0.2) is 0 Å². The minimum atomic E-state index is 0.832. The van der Waals surface area contributed by atoms with E-state index in [1.165, 1.54) is 6.21 Å². The fourth-order valence-electron chi connectivity index (χ4n) is 1.07. The molecule has 0 aliphatic rings. The standard InChI is InChI=1S/C9H7N3/c10-6-7-1-2-8-9(5-7)12-4-3-11-8/h1-6,10H. The maximum atomic E-state index is 7.05. The van der Waals surface area contributed by atoms with E-state index in [2.05, 4.69) is 9.97 Å². The Labute approximate surface area is 69.6 Å². The molecule has 0 saturated heterocycles. The summed E-state index contributed by atoms with van der Waals surface area (Å²) in [5, 5.41) is 7.05. The van der Waals surface area contributed by atoms with Gasteiger partial charge in [-0.05, 0) is 17.7 Å². The SMILES string of the molecule is N=Cc1ccc2nccnc2c1. The Balaban J connectivity index is 2.75. The highest BCUT2D eigenvalue weighted by Gasteiger charge is 1.94. The fourth-order valence-corrected chi connectivity index (χ4v) is 1.07. The van der Waals surface area contributed by atoms with Crippen molar-refractivity contribution < 1.29 is 0 Å². The number of fused-ring (bicyclic) bond motifs is 1. The van der Waals surface area contributed by atoms with Crippen molar-refractivity contribution in [3.8, 4) is 0 Å². The van der Waals surface area contributed by atoms with E-state index in [0.717, 1.165) is 16.6 Å². The zero-order valence-electron chi connectivity index (χ0n) is 6.36. The van der Waals surface area contributed by atoms with Gasteiger partial charge in [-0.2, -0.15) is 0 Å². The van der Waals surface area contributed by atoms with Crippen molar-refractivity contribution in [2.45, 2.75) is 0 Å². The summed E-state index contributed by atoms with van der Waals surface area (Å²) in [7, 11) is 0. The normalized spacial score (nSPS) is 10.0. The lowest BCUT2D eigenvalue weighted by Crippen LogP contribution is -1.84. The van der Waals surface area contributed by atoms with Crippen molar-refractivity contribution in [2.75, 3.05) is 0 Å². The largest absolute Gasteiger partial charge is 0.308 e. The first-order chi connectivity index (χ1) is 5.90. The van der Waals surface area contributed by atoms with Gasteiger partial charge >= 0.3 is 0 Å². The van der Waals surface area contributed by atoms with E-state index in [9.17, 15) is 0 Å². The van der Waals surface area contributed by atoms with Gasteiger partial charge in [-0.15, -0.1) is 0 Å². The van der Waals surface area contributed by atoms with Gasteiger partial charge in [0.2, 0.25) is 0 Å². The average molecular weight is 157 g/mol. The molecule has 1 aromatic heterocycles. The van der Waals surface area contributed by atoms with Gasteiger partial charge in [-0.1, -0.05) is 6.07 Å². The zero-order valence-corrected chi connectivity index (χ0v) is 6.36. The minimum absolute atomic E-state index is 0.832. The maximum absolute atomic E-state index is 7.05. The van der Waals surface area contributed by atoms with Crippen LogP contribution in [0.2, 0.25) is 0 Å². The van der Waals surface area contributed by atoms with Crippen LogP contribution in [0.25, 0.3) is 11.0 Å². The molecule has 0 unspecified atom stereocenters. The Kier molecular flexibility index (Phi) is 1.55. The van der Waals surface area contributed by atoms with Gasteiger partial charge < -0.3 is 5.41 Å². The minimum Gasteiger partial charge on any atom is -0.308 e. The molecule has 58 valence electrons. The van der Waals surface area contributed by atoms with E-state index >= 15 is 0 Å². The summed E-state index contributed by atoms with van der Waals surface area (Å²) in [6.45, 7) is 0. The first-order valence-corrected chi connectivity index (χ1v) is 3.61. The van der Waals surface area contributed by atoms with Crippen LogP contribution in [0.3, 0.4) is 0 Å². The molecule has 1 aromatic carbocycles. The lowest BCUT2D eigenvalue weighted by molar-refractivity contribution is 1.29. The molecule has 0 saturated carbocycles. The van der Waals surface area contributed by atoms with Crippen molar-refractivity contribution in [3.63, 3.8) is 0 Å². The van der Waals surface area contributed by atoms with E-state index in [-0.39, 0.29) is 0 Å². The van der Waals surface area contributed by atoms with Gasteiger partial charge in [0, 0.05) is 18.6 Å². The van der Waals surface area contributed by atoms with Crippen LogP contribution in [0.5, 0.6) is 0 Å². The van der Waals surface area contributed by atoms with Crippen LogP contribution in [0.4, 0.5) is 0 Å². The number of aromatic nitrogens is 2. The van der Waals surface area contributed by atoms with Crippen LogP contribution >= 0.6 is 0 Å². The topological polar surface area (TPSA) is 49.6 Å². The number of hydrogen-bond donors (Lipinski definition) is 1. The van der Waals surface area contributed by atoms with E-state index in [1.807, 2.05) is 18.2 Å². The van der Waals surface area contributed by atoms with Crippen molar-refractivity contribution in [3.05, 3.63) is 36.2 Å². The number of nitrogens with one attached hydrogen (secondary N) is 1. The van der Waals surface area contributed by atoms with E-state index in [0.29, 0.717) is 0 Å². The Morgan fingerprint density at radius 1 is 1.08 bits per heavy atom. The Morgan fingerprint density at radius 3 is 2.58 bits per heavy atom. The van der Waals surface area contributed by atoms with Crippen molar-refractivity contribution in [1.82, 2.24) is 9.97 Å². The fraction of sp³-hybridized carbons (Fsp3) is 0. The van der Waals surface area contributed by atoms with Crippen LogP contribution in [-0.2, 0) is 0 Å². The second kappa shape index (κ2) is 2.70. The van der Waals surface area contributed by atoms with Gasteiger partial charge in [-0.25, -0.2) is 0 Å². The zero-order chi connectivity index (χ0) is 8.39. The smallest absolute Gasteiger partial charge is 0.0893 e. The third-order valence-corrected chi connectivity index (χ3v) is 1.66. The van der Waals surface area contributed by atoms with Crippen molar-refractivity contribution in [1.29, 1.82) is 5.41 Å². The van der Waals surface area contributed by atoms with E-state index in [4.69, 9.17) is 5.41 Å². The van der Waals surface area contributed by atoms with Crippen LogP contribution in [0, 0.1) is 5.41 Å². The van der Waals surface area contributed by atoms with Crippen LogP contribution in [0.15, 0.2) is 30.6 Å². The van der Waals surface area contributed by atoms with Crippen LogP contribution in [0.1, 0.15) is 5.56 Å². The molecule has 0 amide bonds. The molecule has 12 heavy (non-hydrogen) atoms. The molecule has 1 N–H and O–H groups in total. The van der Waals surface area contributed by atoms with Crippen LogP contribution in [-0.4, -0.2) is 16.2 Å². The summed E-state index contributed by atoms with van der Waals surface area (Å²) >= 11 is 0. The van der Waals surface area contributed by atoms with E-state index in [1.54, 1.807) is 12.4 Å². The second-order valence-electron chi connectivity index (χ2n) is 2.45. The number of nitrogens with zero attached hydrogens (tertiary/aromatic N) is 2. The lowest BCUT2D eigenvalue weighted by atomic mass is 10.2. The molecule has 2 aromatic rings. The number of hydrogen-bond acceptors (Lipinski definition) is 3. The predicted molar refractivity (Wildman–Crippen MR) is 47.4 cm³/mol. The third kappa shape index (κ3) is 1.05. The van der Waals surface area contributed by atoms with Crippen molar-refractivity contribution >= 4 is 17.2 Å². The monoisotopic (exact) mass is 157 g/mol. The quantitative estimate of drug-likeness (QED) is 0.639. The van der Waals surface area contributed by atoms with E-state index < -0.39 is 0 Å². The summed E-state index contributed by atoms with van der Waals surface area (Å²) in [6.07, 6.45) is 4.61. The molecule has 0 spiro atoms. The number of rotatable bonds is 1. The Hall–Kier alpha value is -1.77. The Bertz CT molecular complexity index is 423. The second-order valence-corrected chi connectivity index (χ2v) is 2.45. The highest BCUT2D eigenvalue weighted by molar-refractivity contribution is 5.85. The molecule has 0 aliphatic carbocycles. The van der Waals surface area contributed by atoms with Crippen molar-refractivity contribution in [2.24, 2.45) is 0 Å². The third-order valence-electron chi connectivity index (χ3n) is 1.66. The molecule has 2 rings (SSSR count). The first kappa shape index (κ1) is 6.91. The molecule has 0 bridgehead atoms. The lowest BCUT2D eigenvalue weighted by Gasteiger charge is -1.95. The predicted octanol–water partition coefficient (Wildman–Crippen LogP) is 1.63. The molecule has 0 aliphatic heterocycles. The average Bonchev–Trinajstić information content (AvgIpc) is 2.17. The maximum Gasteiger partial charge on any atom is 0.0893 e. The molecule has 0 atom stereocenters. The first-order valence-electron chi connectivity index (χ1n) is 3.61. The number of benzene rings is 1. The van der Waals surface area contributed by atoms with Gasteiger partial charge in [-0.3, -0.25) is 9.97 Å². The molecule has 0 fully saturated rings. The molecule has 3 heteroatoms. The van der Waals surface area contributed by atoms with Crippen LogP contribution < -0.4 is 0 Å².